The molecule has 3 N–H and O–H groups in total. The molecule has 1 aromatic carbocycles. The molecule has 134 valence electrons. The number of nitrogens with two attached hydrogens (primary N) is 1. The van der Waals surface area contributed by atoms with E-state index in [0.29, 0.717) is 29.5 Å². The minimum Gasteiger partial charge on any atom is -0.494 e. The molecule has 2 aromatic heterocycles. The van der Waals surface area contributed by atoms with E-state index < -0.39 is 0 Å². The van der Waals surface area contributed by atoms with Gasteiger partial charge in [-0.1, -0.05) is 0 Å². The van der Waals surface area contributed by atoms with Crippen molar-refractivity contribution in [2.24, 2.45) is 5.73 Å². The summed E-state index contributed by atoms with van der Waals surface area (Å²) in [5.74, 6) is 1.71. The third kappa shape index (κ3) is 3.29. The Morgan fingerprint density at radius 3 is 2.58 bits per heavy atom. The van der Waals surface area contributed by atoms with Gasteiger partial charge in [-0.25, -0.2) is 4.98 Å². The van der Waals surface area contributed by atoms with Crippen LogP contribution in [-0.4, -0.2) is 28.2 Å². The third-order valence-electron chi connectivity index (χ3n) is 3.94. The zero-order chi connectivity index (χ0) is 18.5. The quantitative estimate of drug-likeness (QED) is 0.707. The number of nitrogens with one attached hydrogen (secondary N) is 1. The molecule has 3 aromatic rings. The second kappa shape index (κ2) is 7.79. The van der Waals surface area contributed by atoms with Gasteiger partial charge in [0.2, 0.25) is 0 Å². The lowest BCUT2D eigenvalue weighted by Crippen LogP contribution is -2.28. The minimum absolute atomic E-state index is 0.0896. The standard InChI is InChI=1S/C19H21N5O2/c1-3-26-15-8-6-14(7-9-15)24-18(13-5-4-10-22-12-13)23-17(21-2)16(11-20)19(24)25/h4-10,12,21H,3,11,20H2,1-2H3. The number of anilines is 1. The second-order valence-corrected chi connectivity index (χ2v) is 5.53. The van der Waals surface area contributed by atoms with Crippen molar-refractivity contribution in [3.05, 3.63) is 64.7 Å². The van der Waals surface area contributed by atoms with Crippen molar-refractivity contribution in [1.29, 1.82) is 0 Å². The summed E-state index contributed by atoms with van der Waals surface area (Å²) in [5, 5.41) is 2.96. The van der Waals surface area contributed by atoms with Crippen LogP contribution in [0.25, 0.3) is 17.1 Å². The highest BCUT2D eigenvalue weighted by Crippen LogP contribution is 2.23. The summed E-state index contributed by atoms with van der Waals surface area (Å²) < 4.78 is 7.03. The van der Waals surface area contributed by atoms with Gasteiger partial charge in [-0.05, 0) is 43.3 Å². The van der Waals surface area contributed by atoms with Gasteiger partial charge in [-0.2, -0.15) is 0 Å². The molecule has 7 heteroatoms. The molecule has 26 heavy (non-hydrogen) atoms. The fourth-order valence-corrected chi connectivity index (χ4v) is 2.73. The normalized spacial score (nSPS) is 10.6. The van der Waals surface area contributed by atoms with Crippen molar-refractivity contribution in [1.82, 2.24) is 14.5 Å². The van der Waals surface area contributed by atoms with E-state index in [1.807, 2.05) is 37.3 Å². The van der Waals surface area contributed by atoms with Gasteiger partial charge >= 0.3 is 0 Å². The highest BCUT2D eigenvalue weighted by molar-refractivity contribution is 5.61. The molecule has 3 rings (SSSR count). The Morgan fingerprint density at radius 2 is 2.00 bits per heavy atom. The van der Waals surface area contributed by atoms with Crippen LogP contribution in [-0.2, 0) is 6.54 Å². The predicted molar refractivity (Wildman–Crippen MR) is 102 cm³/mol. The number of benzene rings is 1. The molecule has 0 amide bonds. The summed E-state index contributed by atoms with van der Waals surface area (Å²) >= 11 is 0. The lowest BCUT2D eigenvalue weighted by atomic mass is 10.2. The molecule has 0 aliphatic carbocycles. The number of hydrogen-bond acceptors (Lipinski definition) is 6. The average molecular weight is 351 g/mol. The summed E-state index contributed by atoms with van der Waals surface area (Å²) in [6.45, 7) is 2.59. The second-order valence-electron chi connectivity index (χ2n) is 5.53. The Kier molecular flexibility index (Phi) is 5.28. The molecule has 0 atom stereocenters. The fourth-order valence-electron chi connectivity index (χ4n) is 2.73. The van der Waals surface area contributed by atoms with Crippen molar-refractivity contribution >= 4 is 5.82 Å². The number of hydrogen-bond donors (Lipinski definition) is 2. The molecule has 0 spiro atoms. The van der Waals surface area contributed by atoms with E-state index in [-0.39, 0.29) is 12.1 Å². The van der Waals surface area contributed by atoms with Gasteiger partial charge in [0, 0.05) is 31.5 Å². The maximum absolute atomic E-state index is 13.1. The van der Waals surface area contributed by atoms with Gasteiger partial charge in [0.15, 0.2) is 5.82 Å². The van der Waals surface area contributed by atoms with E-state index in [4.69, 9.17) is 10.5 Å². The number of pyridine rings is 1. The topological polar surface area (TPSA) is 95.1 Å². The van der Waals surface area contributed by atoms with Crippen molar-refractivity contribution in [3.8, 4) is 22.8 Å². The highest BCUT2D eigenvalue weighted by atomic mass is 16.5. The first-order valence-corrected chi connectivity index (χ1v) is 8.37. The Bertz CT molecular complexity index is 937. The largest absolute Gasteiger partial charge is 0.494 e. The van der Waals surface area contributed by atoms with Crippen LogP contribution < -0.4 is 21.3 Å². The SMILES string of the molecule is CCOc1ccc(-n2c(-c3cccnc3)nc(NC)c(CN)c2=O)cc1. The van der Waals surface area contributed by atoms with Gasteiger partial charge in [0.05, 0.1) is 17.9 Å². The number of ether oxygens (including phenoxy) is 1. The third-order valence-corrected chi connectivity index (χ3v) is 3.94. The zero-order valence-corrected chi connectivity index (χ0v) is 14.8. The van der Waals surface area contributed by atoms with Gasteiger partial charge in [0.1, 0.15) is 11.6 Å². The molecule has 0 aliphatic rings. The van der Waals surface area contributed by atoms with E-state index in [2.05, 4.69) is 15.3 Å². The monoisotopic (exact) mass is 351 g/mol. The van der Waals surface area contributed by atoms with Crippen LogP contribution in [0.2, 0.25) is 0 Å². The van der Waals surface area contributed by atoms with Gasteiger partial charge < -0.3 is 15.8 Å². The number of rotatable bonds is 6. The molecule has 0 saturated heterocycles. The van der Waals surface area contributed by atoms with Crippen molar-refractivity contribution < 1.29 is 4.74 Å². The maximum atomic E-state index is 13.1. The lowest BCUT2D eigenvalue weighted by Gasteiger charge is -2.16. The molecule has 7 nitrogen and oxygen atoms in total. The molecule has 0 radical (unpaired) electrons. The fraction of sp³-hybridized carbons (Fsp3) is 0.211. The smallest absolute Gasteiger partial charge is 0.265 e. The Hall–Kier alpha value is -3.19. The van der Waals surface area contributed by atoms with E-state index >= 15 is 0 Å². The van der Waals surface area contributed by atoms with Crippen LogP contribution in [0, 0.1) is 0 Å². The summed E-state index contributed by atoms with van der Waals surface area (Å²) in [7, 11) is 1.72. The molecule has 0 fully saturated rings. The van der Waals surface area contributed by atoms with E-state index in [1.165, 1.54) is 0 Å². The average Bonchev–Trinajstić information content (AvgIpc) is 2.69. The first-order valence-electron chi connectivity index (χ1n) is 8.37. The molecule has 2 heterocycles. The number of nitrogens with zero attached hydrogens (tertiary/aromatic N) is 3. The van der Waals surface area contributed by atoms with E-state index in [1.54, 1.807) is 30.1 Å². The van der Waals surface area contributed by atoms with E-state index in [9.17, 15) is 4.79 Å². The van der Waals surface area contributed by atoms with Crippen LogP contribution in [0.1, 0.15) is 12.5 Å². The van der Waals surface area contributed by atoms with Gasteiger partial charge in [0.25, 0.3) is 5.56 Å². The molecule has 0 unspecified atom stereocenters. The van der Waals surface area contributed by atoms with Crippen molar-refractivity contribution in [2.75, 3.05) is 19.0 Å². The first-order chi connectivity index (χ1) is 12.7. The van der Waals surface area contributed by atoms with Gasteiger partial charge in [-0.3, -0.25) is 14.3 Å². The Morgan fingerprint density at radius 1 is 1.23 bits per heavy atom. The van der Waals surface area contributed by atoms with Gasteiger partial charge in [-0.15, -0.1) is 0 Å². The summed E-state index contributed by atoms with van der Waals surface area (Å²) in [6, 6.07) is 11.0. The molecule has 0 aliphatic heterocycles. The number of aromatic nitrogens is 3. The van der Waals surface area contributed by atoms with Crippen LogP contribution in [0.3, 0.4) is 0 Å². The van der Waals surface area contributed by atoms with Crippen LogP contribution in [0.5, 0.6) is 5.75 Å². The predicted octanol–water partition coefficient (Wildman–Crippen LogP) is 2.19. The molecular weight excluding hydrogens is 330 g/mol. The van der Waals surface area contributed by atoms with Crippen molar-refractivity contribution in [2.45, 2.75) is 13.5 Å². The Balaban J connectivity index is 2.26. The van der Waals surface area contributed by atoms with Crippen LogP contribution in [0.15, 0.2) is 53.6 Å². The molecular formula is C19H21N5O2. The molecule has 0 bridgehead atoms. The Labute approximate surface area is 151 Å². The zero-order valence-electron chi connectivity index (χ0n) is 14.8. The first kappa shape index (κ1) is 17.6. The van der Waals surface area contributed by atoms with Crippen LogP contribution in [0.4, 0.5) is 5.82 Å². The highest BCUT2D eigenvalue weighted by Gasteiger charge is 2.17. The summed E-state index contributed by atoms with van der Waals surface area (Å²) in [5.41, 5.74) is 7.43. The summed E-state index contributed by atoms with van der Waals surface area (Å²) in [4.78, 5) is 21.9. The maximum Gasteiger partial charge on any atom is 0.265 e. The lowest BCUT2D eigenvalue weighted by molar-refractivity contribution is 0.340. The molecule has 0 saturated carbocycles. The summed E-state index contributed by atoms with van der Waals surface area (Å²) in [6.07, 6.45) is 3.35. The van der Waals surface area contributed by atoms with E-state index in [0.717, 1.165) is 11.3 Å². The van der Waals surface area contributed by atoms with Crippen molar-refractivity contribution in [3.63, 3.8) is 0 Å². The minimum atomic E-state index is -0.213. The van der Waals surface area contributed by atoms with Crippen LogP contribution >= 0.6 is 0 Å².